The largest absolute Gasteiger partial charge is 0.491 e. The first-order chi connectivity index (χ1) is 13.8. The quantitative estimate of drug-likeness (QED) is 0.758. The number of rotatable bonds is 6. The molecule has 4 rings (SSSR count). The number of nitrogens with one attached hydrogen (secondary N) is 1. The van der Waals surface area contributed by atoms with E-state index >= 15 is 0 Å². The molecule has 0 radical (unpaired) electrons. The number of piperidine rings is 1. The number of benzene rings is 1. The van der Waals surface area contributed by atoms with Crippen LogP contribution in [0.25, 0.3) is 0 Å². The molecule has 0 bridgehead atoms. The summed E-state index contributed by atoms with van der Waals surface area (Å²) in [5.41, 5.74) is 0.666. The van der Waals surface area contributed by atoms with Crippen LogP contribution >= 0.6 is 0 Å². The van der Waals surface area contributed by atoms with E-state index in [0.717, 1.165) is 57.2 Å². The summed E-state index contributed by atoms with van der Waals surface area (Å²) in [6, 6.07) is 7.38. The molecular weight excluding hydrogens is 358 g/mol. The van der Waals surface area contributed by atoms with Crippen molar-refractivity contribution < 1.29 is 14.3 Å². The lowest BCUT2D eigenvalue weighted by Crippen LogP contribution is -2.39. The molecule has 1 aromatic heterocycles. The second kappa shape index (κ2) is 8.70. The minimum absolute atomic E-state index is 0.0584. The minimum atomic E-state index is 0.0584. The third-order valence-corrected chi connectivity index (χ3v) is 5.44. The lowest BCUT2D eigenvalue weighted by atomic mass is 9.95. The van der Waals surface area contributed by atoms with Crippen molar-refractivity contribution in [3.63, 3.8) is 0 Å². The summed E-state index contributed by atoms with van der Waals surface area (Å²) in [6.07, 6.45) is 1.84. The number of methoxy groups -OCH3 is 1. The fourth-order valence-corrected chi connectivity index (χ4v) is 3.90. The SMILES string of the molecule is COCCOc1cccc(C(=O)N2CCC(c3nnc4n3CCNC4)CC2)c1. The molecule has 0 aliphatic carbocycles. The van der Waals surface area contributed by atoms with Gasteiger partial charge < -0.3 is 24.3 Å². The van der Waals surface area contributed by atoms with E-state index in [4.69, 9.17) is 9.47 Å². The summed E-state index contributed by atoms with van der Waals surface area (Å²) >= 11 is 0. The van der Waals surface area contributed by atoms with Crippen molar-refractivity contribution in [2.45, 2.75) is 31.8 Å². The van der Waals surface area contributed by atoms with Crippen molar-refractivity contribution in [3.05, 3.63) is 41.5 Å². The van der Waals surface area contributed by atoms with Gasteiger partial charge in [-0.05, 0) is 31.0 Å². The van der Waals surface area contributed by atoms with Gasteiger partial charge >= 0.3 is 0 Å². The summed E-state index contributed by atoms with van der Waals surface area (Å²) in [4.78, 5) is 14.8. The van der Waals surface area contributed by atoms with Gasteiger partial charge in [-0.3, -0.25) is 4.79 Å². The molecule has 2 aliphatic heterocycles. The van der Waals surface area contributed by atoms with Crippen LogP contribution in [0, 0.1) is 0 Å². The smallest absolute Gasteiger partial charge is 0.253 e. The van der Waals surface area contributed by atoms with Crippen molar-refractivity contribution in [2.24, 2.45) is 0 Å². The number of hydrogen-bond acceptors (Lipinski definition) is 6. The highest BCUT2D eigenvalue weighted by atomic mass is 16.5. The molecule has 2 aliphatic rings. The second-order valence-corrected chi connectivity index (χ2v) is 7.24. The summed E-state index contributed by atoms with van der Waals surface area (Å²) in [7, 11) is 1.64. The summed E-state index contributed by atoms with van der Waals surface area (Å²) in [5.74, 6) is 3.22. The Balaban J connectivity index is 1.36. The van der Waals surface area contributed by atoms with Gasteiger partial charge in [0.1, 0.15) is 24.0 Å². The number of aromatic nitrogens is 3. The Morgan fingerprint density at radius 2 is 2.07 bits per heavy atom. The number of carbonyl (C=O) groups is 1. The van der Waals surface area contributed by atoms with Gasteiger partial charge in [-0.2, -0.15) is 0 Å². The molecule has 28 heavy (non-hydrogen) atoms. The fraction of sp³-hybridized carbons (Fsp3) is 0.550. The van der Waals surface area contributed by atoms with Crippen LogP contribution in [0.4, 0.5) is 0 Å². The molecule has 0 spiro atoms. The molecule has 0 saturated carbocycles. The van der Waals surface area contributed by atoms with Gasteiger partial charge in [-0.25, -0.2) is 0 Å². The number of nitrogens with zero attached hydrogens (tertiary/aromatic N) is 4. The topological polar surface area (TPSA) is 81.5 Å². The van der Waals surface area contributed by atoms with E-state index in [1.165, 1.54) is 0 Å². The molecule has 1 aromatic carbocycles. The molecule has 0 unspecified atom stereocenters. The van der Waals surface area contributed by atoms with Crippen molar-refractivity contribution in [1.29, 1.82) is 0 Å². The lowest BCUT2D eigenvalue weighted by molar-refractivity contribution is 0.0709. The van der Waals surface area contributed by atoms with E-state index < -0.39 is 0 Å². The highest BCUT2D eigenvalue weighted by Gasteiger charge is 2.29. The maximum absolute atomic E-state index is 12.9. The van der Waals surface area contributed by atoms with Crippen LogP contribution in [0.15, 0.2) is 24.3 Å². The Morgan fingerprint density at radius 3 is 2.89 bits per heavy atom. The fourth-order valence-electron chi connectivity index (χ4n) is 3.90. The first-order valence-electron chi connectivity index (χ1n) is 9.90. The zero-order chi connectivity index (χ0) is 19.3. The molecule has 1 amide bonds. The van der Waals surface area contributed by atoms with Gasteiger partial charge in [-0.15, -0.1) is 10.2 Å². The maximum atomic E-state index is 12.9. The summed E-state index contributed by atoms with van der Waals surface area (Å²) in [6.45, 7) is 5.13. The molecule has 3 heterocycles. The first-order valence-corrected chi connectivity index (χ1v) is 9.90. The van der Waals surface area contributed by atoms with Crippen molar-refractivity contribution in [2.75, 3.05) is 40.0 Å². The molecule has 1 fully saturated rings. The molecule has 2 aromatic rings. The average molecular weight is 385 g/mol. The van der Waals surface area contributed by atoms with Gasteiger partial charge in [0.15, 0.2) is 0 Å². The van der Waals surface area contributed by atoms with Crippen LogP contribution < -0.4 is 10.1 Å². The predicted octanol–water partition coefficient (Wildman–Crippen LogP) is 1.43. The third kappa shape index (κ3) is 4.02. The van der Waals surface area contributed by atoms with E-state index in [9.17, 15) is 4.79 Å². The summed E-state index contributed by atoms with van der Waals surface area (Å²) < 4.78 is 12.9. The van der Waals surface area contributed by atoms with Crippen LogP contribution in [0.1, 0.15) is 40.8 Å². The summed E-state index contributed by atoms with van der Waals surface area (Å²) in [5, 5.41) is 12.1. The monoisotopic (exact) mass is 385 g/mol. The number of fused-ring (bicyclic) bond motifs is 1. The lowest BCUT2D eigenvalue weighted by Gasteiger charge is -2.32. The Hall–Kier alpha value is -2.45. The van der Waals surface area contributed by atoms with E-state index in [0.29, 0.717) is 30.4 Å². The molecule has 0 atom stereocenters. The first kappa shape index (κ1) is 18.9. The van der Waals surface area contributed by atoms with Gasteiger partial charge in [0, 0.05) is 44.8 Å². The number of hydrogen-bond donors (Lipinski definition) is 1. The normalized spacial score (nSPS) is 17.4. The maximum Gasteiger partial charge on any atom is 0.253 e. The van der Waals surface area contributed by atoms with Crippen LogP contribution in [-0.4, -0.2) is 65.5 Å². The standard InChI is InChI=1S/C20H27N5O3/c1-27-11-12-28-17-4-2-3-16(13-17)20(26)24-8-5-15(6-9-24)19-23-22-18-14-21-7-10-25(18)19/h2-4,13,15,21H,5-12,14H2,1H3. The minimum Gasteiger partial charge on any atom is -0.491 e. The Morgan fingerprint density at radius 1 is 1.21 bits per heavy atom. The molecule has 1 N–H and O–H groups in total. The van der Waals surface area contributed by atoms with Crippen LogP contribution in [-0.2, 0) is 17.8 Å². The van der Waals surface area contributed by atoms with Crippen LogP contribution in [0.2, 0.25) is 0 Å². The Kier molecular flexibility index (Phi) is 5.87. The molecule has 1 saturated heterocycles. The highest BCUT2D eigenvalue weighted by molar-refractivity contribution is 5.94. The zero-order valence-electron chi connectivity index (χ0n) is 16.3. The second-order valence-electron chi connectivity index (χ2n) is 7.24. The third-order valence-electron chi connectivity index (χ3n) is 5.44. The van der Waals surface area contributed by atoms with Crippen LogP contribution in [0.3, 0.4) is 0 Å². The van der Waals surface area contributed by atoms with Gasteiger partial charge in [0.05, 0.1) is 13.2 Å². The van der Waals surface area contributed by atoms with E-state index in [1.54, 1.807) is 7.11 Å². The zero-order valence-corrected chi connectivity index (χ0v) is 16.3. The van der Waals surface area contributed by atoms with Crippen LogP contribution in [0.5, 0.6) is 5.75 Å². The van der Waals surface area contributed by atoms with Crippen molar-refractivity contribution >= 4 is 5.91 Å². The predicted molar refractivity (Wildman–Crippen MR) is 103 cm³/mol. The van der Waals surface area contributed by atoms with Crippen molar-refractivity contribution in [3.8, 4) is 5.75 Å². The Labute approximate surface area is 164 Å². The Bertz CT molecular complexity index is 814. The number of amides is 1. The van der Waals surface area contributed by atoms with E-state index in [2.05, 4.69) is 20.1 Å². The number of carbonyl (C=O) groups excluding carboxylic acids is 1. The highest BCUT2D eigenvalue weighted by Crippen LogP contribution is 2.28. The van der Waals surface area contributed by atoms with Gasteiger partial charge in [-0.1, -0.05) is 6.07 Å². The number of likely N-dealkylation sites (tertiary alicyclic amines) is 1. The van der Waals surface area contributed by atoms with Gasteiger partial charge in [0.25, 0.3) is 5.91 Å². The van der Waals surface area contributed by atoms with E-state index in [1.807, 2.05) is 29.2 Å². The molecule has 8 heteroatoms. The molecule has 150 valence electrons. The molecule has 8 nitrogen and oxygen atoms in total. The van der Waals surface area contributed by atoms with E-state index in [-0.39, 0.29) is 5.91 Å². The average Bonchev–Trinajstić information content (AvgIpc) is 3.18. The molecular formula is C20H27N5O3. The van der Waals surface area contributed by atoms with Gasteiger partial charge in [0.2, 0.25) is 0 Å². The number of ether oxygens (including phenoxy) is 2. The van der Waals surface area contributed by atoms with Crippen molar-refractivity contribution in [1.82, 2.24) is 25.0 Å².